The van der Waals surface area contributed by atoms with Crippen LogP contribution >= 0.6 is 0 Å². The molecule has 2 aromatic heterocycles. The zero-order valence-corrected chi connectivity index (χ0v) is 15.0. The van der Waals surface area contributed by atoms with Gasteiger partial charge in [-0.15, -0.1) is 0 Å². The van der Waals surface area contributed by atoms with Gasteiger partial charge in [0, 0.05) is 12.1 Å². The van der Waals surface area contributed by atoms with Crippen LogP contribution in [0.15, 0.2) is 21.6 Å². The summed E-state index contributed by atoms with van der Waals surface area (Å²) in [6.07, 6.45) is 9.07. The SMILES string of the molecule is Cc1oncc1C(=O)NC1CCC(n2nc3c(cc2=O)CCCC3)CC1. The molecule has 0 bridgehead atoms. The Morgan fingerprint density at radius 1 is 1.23 bits per heavy atom. The van der Waals surface area contributed by atoms with E-state index in [2.05, 4.69) is 15.6 Å². The largest absolute Gasteiger partial charge is 0.361 e. The van der Waals surface area contributed by atoms with E-state index in [-0.39, 0.29) is 23.6 Å². The highest BCUT2D eigenvalue weighted by molar-refractivity contribution is 5.94. The maximum atomic E-state index is 12.5. The van der Waals surface area contributed by atoms with Gasteiger partial charge in [0.05, 0.1) is 17.9 Å². The minimum Gasteiger partial charge on any atom is -0.361 e. The molecular formula is C19H24N4O3. The van der Waals surface area contributed by atoms with Crippen LogP contribution in [0, 0.1) is 6.92 Å². The maximum absolute atomic E-state index is 12.5. The number of rotatable bonds is 3. The molecule has 0 aliphatic heterocycles. The third-order valence-electron chi connectivity index (χ3n) is 5.61. The van der Waals surface area contributed by atoms with Crippen molar-refractivity contribution in [1.29, 1.82) is 0 Å². The highest BCUT2D eigenvalue weighted by atomic mass is 16.5. The Labute approximate surface area is 151 Å². The molecule has 1 N–H and O–H groups in total. The highest BCUT2D eigenvalue weighted by Crippen LogP contribution is 2.28. The van der Waals surface area contributed by atoms with Gasteiger partial charge in [-0.05, 0) is 63.9 Å². The number of fused-ring (bicyclic) bond motifs is 1. The van der Waals surface area contributed by atoms with Crippen LogP contribution in [0.2, 0.25) is 0 Å². The third kappa shape index (κ3) is 3.30. The van der Waals surface area contributed by atoms with Crippen molar-refractivity contribution in [2.75, 3.05) is 0 Å². The van der Waals surface area contributed by atoms with Crippen LogP contribution < -0.4 is 10.9 Å². The molecule has 2 aliphatic carbocycles. The minimum absolute atomic E-state index is 0.0123. The Bertz CT molecular complexity index is 862. The molecule has 0 atom stereocenters. The first-order valence-electron chi connectivity index (χ1n) is 9.45. The predicted octanol–water partition coefficient (Wildman–Crippen LogP) is 2.33. The second-order valence-electron chi connectivity index (χ2n) is 7.38. The molecule has 0 aromatic carbocycles. The summed E-state index contributed by atoms with van der Waals surface area (Å²) in [7, 11) is 0. The molecule has 7 nitrogen and oxygen atoms in total. The van der Waals surface area contributed by atoms with E-state index in [9.17, 15) is 9.59 Å². The van der Waals surface area contributed by atoms with Crippen LogP contribution in [-0.2, 0) is 12.8 Å². The second kappa shape index (κ2) is 7.05. The van der Waals surface area contributed by atoms with Gasteiger partial charge in [-0.2, -0.15) is 5.10 Å². The van der Waals surface area contributed by atoms with Crippen molar-refractivity contribution in [3.8, 4) is 0 Å². The van der Waals surface area contributed by atoms with E-state index in [4.69, 9.17) is 4.52 Å². The van der Waals surface area contributed by atoms with Crippen molar-refractivity contribution < 1.29 is 9.32 Å². The lowest BCUT2D eigenvalue weighted by Crippen LogP contribution is -2.40. The van der Waals surface area contributed by atoms with Crippen molar-refractivity contribution >= 4 is 5.91 Å². The zero-order chi connectivity index (χ0) is 18.1. The predicted molar refractivity (Wildman–Crippen MR) is 95.1 cm³/mol. The third-order valence-corrected chi connectivity index (χ3v) is 5.61. The Kier molecular flexibility index (Phi) is 4.61. The van der Waals surface area contributed by atoms with Gasteiger partial charge in [0.25, 0.3) is 11.5 Å². The summed E-state index contributed by atoms with van der Waals surface area (Å²) >= 11 is 0. The van der Waals surface area contributed by atoms with Gasteiger partial charge in [0.15, 0.2) is 0 Å². The number of nitrogens with zero attached hydrogens (tertiary/aromatic N) is 3. The van der Waals surface area contributed by atoms with Crippen molar-refractivity contribution in [3.63, 3.8) is 0 Å². The van der Waals surface area contributed by atoms with Crippen LogP contribution in [-0.4, -0.2) is 26.9 Å². The van der Waals surface area contributed by atoms with Gasteiger partial charge < -0.3 is 9.84 Å². The van der Waals surface area contributed by atoms with Gasteiger partial charge in [0.2, 0.25) is 0 Å². The lowest BCUT2D eigenvalue weighted by atomic mass is 9.90. The molecule has 2 aliphatic rings. The van der Waals surface area contributed by atoms with Crippen LogP contribution in [0.1, 0.15) is 71.9 Å². The first-order chi connectivity index (χ1) is 12.6. The fourth-order valence-electron chi connectivity index (χ4n) is 4.08. The molecule has 138 valence electrons. The Hall–Kier alpha value is -2.44. The molecule has 0 saturated heterocycles. The number of amides is 1. The number of aryl methyl sites for hydroxylation is 3. The number of nitrogens with one attached hydrogen (secondary N) is 1. The monoisotopic (exact) mass is 356 g/mol. The average molecular weight is 356 g/mol. The molecule has 1 amide bonds. The summed E-state index contributed by atoms with van der Waals surface area (Å²) in [5.41, 5.74) is 2.72. The number of hydrogen-bond acceptors (Lipinski definition) is 5. The zero-order valence-electron chi connectivity index (χ0n) is 15.0. The molecule has 1 saturated carbocycles. The molecular weight excluding hydrogens is 332 g/mol. The molecule has 0 radical (unpaired) electrons. The average Bonchev–Trinajstić information content (AvgIpc) is 3.08. The van der Waals surface area contributed by atoms with Crippen LogP contribution in [0.25, 0.3) is 0 Å². The summed E-state index contributed by atoms with van der Waals surface area (Å²) in [6, 6.07) is 2.02. The highest BCUT2D eigenvalue weighted by Gasteiger charge is 2.27. The van der Waals surface area contributed by atoms with Gasteiger partial charge in [0.1, 0.15) is 11.3 Å². The fraction of sp³-hybridized carbons (Fsp3) is 0.579. The number of carbonyl (C=O) groups excluding carboxylic acids is 1. The normalized spacial score (nSPS) is 22.7. The maximum Gasteiger partial charge on any atom is 0.267 e. The van der Waals surface area contributed by atoms with Gasteiger partial charge in [-0.3, -0.25) is 9.59 Å². The van der Waals surface area contributed by atoms with Gasteiger partial charge in [-0.25, -0.2) is 4.68 Å². The molecule has 7 heteroatoms. The standard InChI is InChI=1S/C19H24N4O3/c1-12-16(11-20-26-12)19(25)21-14-6-8-15(9-7-14)23-18(24)10-13-4-2-3-5-17(13)22-23/h10-11,14-15H,2-9H2,1H3,(H,21,25). The van der Waals surface area contributed by atoms with Crippen molar-refractivity contribution in [2.24, 2.45) is 0 Å². The lowest BCUT2D eigenvalue weighted by Gasteiger charge is -2.30. The van der Waals surface area contributed by atoms with Crippen LogP contribution in [0.3, 0.4) is 0 Å². The molecule has 0 unspecified atom stereocenters. The van der Waals surface area contributed by atoms with E-state index in [0.29, 0.717) is 11.3 Å². The van der Waals surface area contributed by atoms with Crippen molar-refractivity contribution in [2.45, 2.75) is 70.4 Å². The van der Waals surface area contributed by atoms with Crippen molar-refractivity contribution in [3.05, 3.63) is 45.2 Å². The smallest absolute Gasteiger partial charge is 0.267 e. The molecule has 1 fully saturated rings. The van der Waals surface area contributed by atoms with E-state index < -0.39 is 0 Å². The first-order valence-corrected chi connectivity index (χ1v) is 9.45. The Morgan fingerprint density at radius 3 is 2.73 bits per heavy atom. The fourth-order valence-corrected chi connectivity index (χ4v) is 4.08. The number of carbonyl (C=O) groups is 1. The van der Waals surface area contributed by atoms with Crippen LogP contribution in [0.5, 0.6) is 0 Å². The second-order valence-corrected chi connectivity index (χ2v) is 7.38. The molecule has 26 heavy (non-hydrogen) atoms. The van der Waals surface area contributed by atoms with E-state index >= 15 is 0 Å². The quantitative estimate of drug-likeness (QED) is 0.911. The Morgan fingerprint density at radius 2 is 2.00 bits per heavy atom. The van der Waals surface area contributed by atoms with Crippen molar-refractivity contribution in [1.82, 2.24) is 20.3 Å². The summed E-state index contributed by atoms with van der Waals surface area (Å²) < 4.78 is 6.64. The summed E-state index contributed by atoms with van der Waals surface area (Å²) in [4.78, 5) is 24.7. The minimum atomic E-state index is -0.142. The van der Waals surface area contributed by atoms with Gasteiger partial charge in [-0.1, -0.05) is 5.16 Å². The molecule has 2 aromatic rings. The molecule has 4 rings (SSSR count). The van der Waals surface area contributed by atoms with Gasteiger partial charge >= 0.3 is 0 Å². The number of aromatic nitrogens is 3. The first kappa shape index (κ1) is 17.0. The topological polar surface area (TPSA) is 90.0 Å². The van der Waals surface area contributed by atoms with Crippen LogP contribution in [0.4, 0.5) is 0 Å². The number of hydrogen-bond donors (Lipinski definition) is 1. The van der Waals surface area contributed by atoms with E-state index in [1.807, 2.05) is 0 Å². The molecule has 0 spiro atoms. The summed E-state index contributed by atoms with van der Waals surface area (Å²) in [6.45, 7) is 1.73. The summed E-state index contributed by atoms with van der Waals surface area (Å²) in [5, 5.41) is 11.4. The van der Waals surface area contributed by atoms with E-state index in [1.54, 1.807) is 17.7 Å². The lowest BCUT2D eigenvalue weighted by molar-refractivity contribution is 0.0919. The van der Waals surface area contributed by atoms with E-state index in [1.165, 1.54) is 6.20 Å². The van der Waals surface area contributed by atoms with E-state index in [0.717, 1.165) is 62.6 Å². The molecule has 2 heterocycles. The Balaban J connectivity index is 1.40. The summed E-state index contributed by atoms with van der Waals surface area (Å²) in [5.74, 6) is 0.386.